The van der Waals surface area contributed by atoms with Crippen LogP contribution in [0.15, 0.2) is 42.6 Å². The standard InChI is InChI=1S/C21H24N4O2/c1-21(2)10-8-16-13-15(6-7-17(16)27-21)14-20(26)22-11-9-19-24-23-18-5-3-4-12-25(18)19/h3-7,12-13H,8-11,14H2,1-2H3,(H,22,26). The van der Waals surface area contributed by atoms with E-state index in [1.165, 1.54) is 5.56 Å². The zero-order chi connectivity index (χ0) is 18.9. The van der Waals surface area contributed by atoms with Crippen LogP contribution in [0.2, 0.25) is 0 Å². The summed E-state index contributed by atoms with van der Waals surface area (Å²) in [5.74, 6) is 1.80. The van der Waals surface area contributed by atoms with Gasteiger partial charge in [0.1, 0.15) is 17.2 Å². The van der Waals surface area contributed by atoms with E-state index in [1.54, 1.807) is 0 Å². The van der Waals surface area contributed by atoms with Crippen LogP contribution in [0, 0.1) is 0 Å². The van der Waals surface area contributed by atoms with Crippen LogP contribution in [0.25, 0.3) is 5.65 Å². The van der Waals surface area contributed by atoms with Gasteiger partial charge in [0.25, 0.3) is 0 Å². The maximum Gasteiger partial charge on any atom is 0.224 e. The van der Waals surface area contributed by atoms with Crippen molar-refractivity contribution in [2.75, 3.05) is 6.54 Å². The second kappa shape index (κ2) is 7.02. The molecule has 0 radical (unpaired) electrons. The molecule has 0 spiro atoms. The number of hydrogen-bond acceptors (Lipinski definition) is 4. The highest BCUT2D eigenvalue weighted by atomic mass is 16.5. The van der Waals surface area contributed by atoms with Crippen molar-refractivity contribution in [1.29, 1.82) is 0 Å². The summed E-state index contributed by atoms with van der Waals surface area (Å²) >= 11 is 0. The number of nitrogens with one attached hydrogen (secondary N) is 1. The SMILES string of the molecule is CC1(C)CCc2cc(CC(=O)NCCc3nnc4ccccn34)ccc2O1. The molecule has 1 amide bonds. The van der Waals surface area contributed by atoms with Gasteiger partial charge in [0.15, 0.2) is 5.65 Å². The maximum absolute atomic E-state index is 12.3. The number of carbonyl (C=O) groups excluding carboxylic acids is 1. The molecule has 6 nitrogen and oxygen atoms in total. The van der Waals surface area contributed by atoms with Crippen LogP contribution < -0.4 is 10.1 Å². The lowest BCUT2D eigenvalue weighted by Gasteiger charge is -2.32. The summed E-state index contributed by atoms with van der Waals surface area (Å²) in [6.45, 7) is 4.75. The highest BCUT2D eigenvalue weighted by Crippen LogP contribution is 2.33. The fourth-order valence-electron chi connectivity index (χ4n) is 3.45. The molecule has 0 unspecified atom stereocenters. The lowest BCUT2D eigenvalue weighted by atomic mass is 9.93. The van der Waals surface area contributed by atoms with Crippen molar-refractivity contribution in [3.63, 3.8) is 0 Å². The van der Waals surface area contributed by atoms with E-state index >= 15 is 0 Å². The van der Waals surface area contributed by atoms with Crippen LogP contribution in [0.3, 0.4) is 0 Å². The largest absolute Gasteiger partial charge is 0.488 e. The quantitative estimate of drug-likeness (QED) is 0.756. The first-order valence-electron chi connectivity index (χ1n) is 9.36. The van der Waals surface area contributed by atoms with E-state index in [0.717, 1.165) is 35.6 Å². The number of nitrogens with zero attached hydrogens (tertiary/aromatic N) is 3. The Balaban J connectivity index is 1.32. The molecule has 2 aromatic heterocycles. The zero-order valence-corrected chi connectivity index (χ0v) is 15.7. The van der Waals surface area contributed by atoms with Crippen LogP contribution in [0.5, 0.6) is 5.75 Å². The fraction of sp³-hybridized carbons (Fsp3) is 0.381. The normalized spacial score (nSPS) is 15.2. The lowest BCUT2D eigenvalue weighted by molar-refractivity contribution is -0.120. The topological polar surface area (TPSA) is 68.5 Å². The van der Waals surface area contributed by atoms with Gasteiger partial charge >= 0.3 is 0 Å². The third kappa shape index (κ3) is 3.94. The summed E-state index contributed by atoms with van der Waals surface area (Å²) in [6.07, 6.45) is 4.92. The van der Waals surface area contributed by atoms with E-state index in [4.69, 9.17) is 4.74 Å². The van der Waals surface area contributed by atoms with E-state index in [9.17, 15) is 4.79 Å². The molecule has 1 N–H and O–H groups in total. The molecule has 0 atom stereocenters. The van der Waals surface area contributed by atoms with Gasteiger partial charge in [-0.15, -0.1) is 10.2 Å². The van der Waals surface area contributed by atoms with Crippen molar-refractivity contribution in [2.24, 2.45) is 0 Å². The molecule has 0 saturated carbocycles. The van der Waals surface area contributed by atoms with E-state index in [-0.39, 0.29) is 11.5 Å². The number of aryl methyl sites for hydroxylation is 1. The van der Waals surface area contributed by atoms with Crippen molar-refractivity contribution in [3.8, 4) is 5.75 Å². The van der Waals surface area contributed by atoms with Crippen molar-refractivity contribution in [1.82, 2.24) is 19.9 Å². The third-order valence-corrected chi connectivity index (χ3v) is 4.93. The van der Waals surface area contributed by atoms with Crippen molar-refractivity contribution >= 4 is 11.6 Å². The molecule has 0 bridgehead atoms. The average molecular weight is 364 g/mol. The minimum absolute atomic E-state index is 0.0147. The number of benzene rings is 1. The van der Waals surface area contributed by atoms with Gasteiger partial charge < -0.3 is 10.1 Å². The van der Waals surface area contributed by atoms with Gasteiger partial charge in [-0.05, 0) is 56.0 Å². The summed E-state index contributed by atoms with van der Waals surface area (Å²) in [6, 6.07) is 11.8. The Kier molecular flexibility index (Phi) is 4.56. The van der Waals surface area contributed by atoms with Crippen molar-refractivity contribution in [3.05, 3.63) is 59.5 Å². The van der Waals surface area contributed by atoms with Gasteiger partial charge in [-0.25, -0.2) is 0 Å². The smallest absolute Gasteiger partial charge is 0.224 e. The number of rotatable bonds is 5. The first-order valence-corrected chi connectivity index (χ1v) is 9.36. The number of hydrogen-bond donors (Lipinski definition) is 1. The van der Waals surface area contributed by atoms with Crippen LogP contribution >= 0.6 is 0 Å². The highest BCUT2D eigenvalue weighted by Gasteiger charge is 2.26. The first-order chi connectivity index (χ1) is 13.0. The maximum atomic E-state index is 12.3. The Morgan fingerprint density at radius 3 is 3.04 bits per heavy atom. The van der Waals surface area contributed by atoms with Crippen molar-refractivity contribution < 1.29 is 9.53 Å². The van der Waals surface area contributed by atoms with Gasteiger partial charge in [-0.1, -0.05) is 18.2 Å². The number of fused-ring (bicyclic) bond motifs is 2. The Morgan fingerprint density at radius 2 is 2.15 bits per heavy atom. The number of aromatic nitrogens is 3. The molecule has 27 heavy (non-hydrogen) atoms. The molecule has 0 saturated heterocycles. The van der Waals surface area contributed by atoms with Crippen LogP contribution in [-0.2, 0) is 24.1 Å². The number of pyridine rings is 1. The first kappa shape index (κ1) is 17.5. The molecule has 3 aromatic rings. The van der Waals surface area contributed by atoms with Crippen LogP contribution in [0.4, 0.5) is 0 Å². The molecule has 1 aromatic carbocycles. The van der Waals surface area contributed by atoms with Crippen LogP contribution in [0.1, 0.15) is 37.2 Å². The Hall–Kier alpha value is -2.89. The Morgan fingerprint density at radius 1 is 1.26 bits per heavy atom. The minimum Gasteiger partial charge on any atom is -0.488 e. The van der Waals surface area contributed by atoms with Gasteiger partial charge in [-0.3, -0.25) is 9.20 Å². The zero-order valence-electron chi connectivity index (χ0n) is 15.7. The number of carbonyl (C=O) groups is 1. The molecule has 3 heterocycles. The molecular formula is C21H24N4O2. The molecule has 6 heteroatoms. The van der Waals surface area contributed by atoms with Crippen LogP contribution in [-0.4, -0.2) is 32.7 Å². The molecule has 1 aliphatic rings. The predicted octanol–water partition coefficient (Wildman–Crippen LogP) is 2.73. The summed E-state index contributed by atoms with van der Waals surface area (Å²) in [4.78, 5) is 12.3. The van der Waals surface area contributed by atoms with E-state index in [0.29, 0.717) is 19.4 Å². The predicted molar refractivity (Wildman–Crippen MR) is 103 cm³/mol. The minimum atomic E-state index is -0.113. The van der Waals surface area contributed by atoms with Crippen molar-refractivity contribution in [2.45, 2.75) is 45.1 Å². The molecule has 1 aliphatic heterocycles. The van der Waals surface area contributed by atoms with Gasteiger partial charge in [0.2, 0.25) is 5.91 Å². The third-order valence-electron chi connectivity index (χ3n) is 4.93. The highest BCUT2D eigenvalue weighted by molar-refractivity contribution is 5.78. The summed E-state index contributed by atoms with van der Waals surface area (Å²) < 4.78 is 7.95. The molecule has 0 fully saturated rings. The fourth-order valence-corrected chi connectivity index (χ4v) is 3.45. The molecular weight excluding hydrogens is 340 g/mol. The second-order valence-corrected chi connectivity index (χ2v) is 7.63. The Labute approximate surface area is 158 Å². The molecule has 140 valence electrons. The Bertz CT molecular complexity index is 977. The van der Waals surface area contributed by atoms with E-state index < -0.39 is 0 Å². The van der Waals surface area contributed by atoms with E-state index in [2.05, 4.69) is 35.4 Å². The van der Waals surface area contributed by atoms with E-state index in [1.807, 2.05) is 40.9 Å². The summed E-state index contributed by atoms with van der Waals surface area (Å²) in [7, 11) is 0. The van der Waals surface area contributed by atoms with Gasteiger partial charge in [0, 0.05) is 19.2 Å². The monoisotopic (exact) mass is 364 g/mol. The molecule has 0 aliphatic carbocycles. The number of amides is 1. The summed E-state index contributed by atoms with van der Waals surface area (Å²) in [5, 5.41) is 11.3. The average Bonchev–Trinajstić information content (AvgIpc) is 3.05. The number of ether oxygens (including phenoxy) is 1. The second-order valence-electron chi connectivity index (χ2n) is 7.63. The lowest BCUT2D eigenvalue weighted by Crippen LogP contribution is -2.32. The van der Waals surface area contributed by atoms with Gasteiger partial charge in [-0.2, -0.15) is 0 Å². The molecule has 4 rings (SSSR count). The summed E-state index contributed by atoms with van der Waals surface area (Å²) in [5.41, 5.74) is 2.91. The van der Waals surface area contributed by atoms with Gasteiger partial charge in [0.05, 0.1) is 6.42 Å².